The van der Waals surface area contributed by atoms with Crippen LogP contribution in [0, 0.1) is 0 Å². The Hall–Kier alpha value is -4.15. The second-order valence-electron chi connectivity index (χ2n) is 8.86. The van der Waals surface area contributed by atoms with E-state index in [0.717, 1.165) is 21.4 Å². The fraction of sp³-hybridized carbons (Fsp3) is 0.0323. The SMILES string of the molecule is Nc1nc(/C(=N/OC(c2ccccc2)(c2ccccc2)c2ccccc2)C(=S)Oc2nc3cc(Cl)ccc3s2)cs1. The van der Waals surface area contributed by atoms with E-state index in [-0.39, 0.29) is 10.8 Å². The highest BCUT2D eigenvalue weighted by Gasteiger charge is 2.40. The number of hydrogen-bond donors (Lipinski definition) is 1. The number of hydrogen-bond acceptors (Lipinski definition) is 9. The third kappa shape index (κ3) is 5.57. The predicted molar refractivity (Wildman–Crippen MR) is 171 cm³/mol. The lowest BCUT2D eigenvalue weighted by molar-refractivity contribution is 0.0176. The van der Waals surface area contributed by atoms with Gasteiger partial charge >= 0.3 is 0 Å². The van der Waals surface area contributed by atoms with Crippen LogP contribution in [0.25, 0.3) is 10.2 Å². The van der Waals surface area contributed by atoms with Gasteiger partial charge in [0.25, 0.3) is 5.19 Å². The molecule has 0 fully saturated rings. The summed E-state index contributed by atoms with van der Waals surface area (Å²) in [7, 11) is 0. The Labute approximate surface area is 254 Å². The second-order valence-corrected chi connectivity index (χ2v) is 11.6. The van der Waals surface area contributed by atoms with Gasteiger partial charge in [0.05, 0.1) is 10.2 Å². The van der Waals surface area contributed by atoms with E-state index in [9.17, 15) is 0 Å². The van der Waals surface area contributed by atoms with Crippen LogP contribution in [0.3, 0.4) is 0 Å². The van der Waals surface area contributed by atoms with Crippen molar-refractivity contribution in [2.45, 2.75) is 5.60 Å². The number of nitrogens with two attached hydrogens (primary N) is 1. The number of halogens is 1. The Morgan fingerprint density at radius 2 is 1.41 bits per heavy atom. The van der Waals surface area contributed by atoms with Crippen LogP contribution in [-0.4, -0.2) is 20.7 Å². The number of aromatic nitrogens is 2. The van der Waals surface area contributed by atoms with Crippen LogP contribution in [0.2, 0.25) is 5.02 Å². The average molecular weight is 613 g/mol. The second kappa shape index (κ2) is 11.8. The Morgan fingerprint density at radius 1 is 0.829 bits per heavy atom. The van der Waals surface area contributed by atoms with E-state index in [2.05, 4.69) is 15.1 Å². The van der Waals surface area contributed by atoms with Crippen LogP contribution >= 0.6 is 46.5 Å². The summed E-state index contributed by atoms with van der Waals surface area (Å²) in [5.74, 6) is 0. The summed E-state index contributed by atoms with van der Waals surface area (Å²) in [5.41, 5.74) is 8.90. The lowest BCUT2D eigenvalue weighted by Crippen LogP contribution is -2.32. The van der Waals surface area contributed by atoms with Crippen molar-refractivity contribution in [1.82, 2.24) is 9.97 Å². The number of thiazole rings is 2. The fourth-order valence-electron chi connectivity index (χ4n) is 4.43. The van der Waals surface area contributed by atoms with Gasteiger partial charge in [-0.3, -0.25) is 0 Å². The maximum atomic E-state index is 6.66. The smallest absolute Gasteiger partial charge is 0.280 e. The molecule has 0 bridgehead atoms. The van der Waals surface area contributed by atoms with Crippen molar-refractivity contribution in [3.63, 3.8) is 0 Å². The van der Waals surface area contributed by atoms with Gasteiger partial charge in [-0.2, -0.15) is 0 Å². The van der Waals surface area contributed by atoms with Crippen LogP contribution in [0.4, 0.5) is 5.13 Å². The number of thiocarbonyl (C=S) groups is 1. The number of nitrogens with zero attached hydrogens (tertiary/aromatic N) is 3. The molecule has 0 saturated carbocycles. The Morgan fingerprint density at radius 3 is 1.95 bits per heavy atom. The van der Waals surface area contributed by atoms with Gasteiger partial charge in [-0.15, -0.1) is 11.3 Å². The molecule has 4 aromatic carbocycles. The summed E-state index contributed by atoms with van der Waals surface area (Å²) in [5, 5.41) is 7.78. The fourth-order valence-corrected chi connectivity index (χ4v) is 6.22. The van der Waals surface area contributed by atoms with Gasteiger partial charge in [0, 0.05) is 27.1 Å². The zero-order valence-corrected chi connectivity index (χ0v) is 24.5. The summed E-state index contributed by atoms with van der Waals surface area (Å²) < 4.78 is 6.97. The highest BCUT2D eigenvalue weighted by molar-refractivity contribution is 7.81. The maximum absolute atomic E-state index is 6.66. The van der Waals surface area contributed by atoms with Crippen molar-refractivity contribution < 1.29 is 9.57 Å². The molecule has 0 aliphatic heterocycles. The van der Waals surface area contributed by atoms with Crippen molar-refractivity contribution in [2.75, 3.05) is 5.73 Å². The monoisotopic (exact) mass is 612 g/mol. The first-order valence-electron chi connectivity index (χ1n) is 12.5. The number of oxime groups is 1. The molecule has 0 aliphatic rings. The minimum absolute atomic E-state index is 0.0449. The zero-order valence-electron chi connectivity index (χ0n) is 21.3. The molecule has 6 rings (SSSR count). The summed E-state index contributed by atoms with van der Waals surface area (Å²) in [6.07, 6.45) is 0. The summed E-state index contributed by atoms with van der Waals surface area (Å²) >= 11 is 14.5. The normalized spacial score (nSPS) is 11.9. The standard InChI is InChI=1S/C31H21ClN4O2S3/c32-23-16-17-26-24(18-23)35-30(41-26)37-28(39)27(25-19-40-29(33)34-25)36-38-31(20-10-4-1-5-11-20,21-12-6-2-7-13-21)22-14-8-3-9-15-22/h1-19H,(H2,33,34)/b36-27-. The average Bonchev–Trinajstić information content (AvgIpc) is 3.61. The van der Waals surface area contributed by atoms with E-state index in [1.54, 1.807) is 17.5 Å². The Balaban J connectivity index is 1.47. The summed E-state index contributed by atoms with van der Waals surface area (Å²) in [6, 6.07) is 35.2. The van der Waals surface area contributed by atoms with Gasteiger partial charge in [0.1, 0.15) is 5.69 Å². The van der Waals surface area contributed by atoms with Crippen molar-refractivity contribution in [1.29, 1.82) is 0 Å². The van der Waals surface area contributed by atoms with Crippen molar-refractivity contribution >= 4 is 72.6 Å². The molecule has 0 aliphatic carbocycles. The summed E-state index contributed by atoms with van der Waals surface area (Å²) in [4.78, 5) is 15.6. The molecule has 0 unspecified atom stereocenters. The van der Waals surface area contributed by atoms with Gasteiger partial charge in [0.2, 0.25) is 10.7 Å². The molecule has 0 atom stereocenters. The first kappa shape index (κ1) is 27.0. The van der Waals surface area contributed by atoms with E-state index in [1.807, 2.05) is 97.1 Å². The van der Waals surface area contributed by atoms with E-state index in [4.69, 9.17) is 39.1 Å². The molecule has 6 nitrogen and oxygen atoms in total. The zero-order chi connectivity index (χ0) is 28.2. The van der Waals surface area contributed by atoms with E-state index < -0.39 is 5.60 Å². The molecule has 6 aromatic rings. The van der Waals surface area contributed by atoms with Gasteiger partial charge in [-0.25, -0.2) is 9.97 Å². The van der Waals surface area contributed by atoms with Gasteiger partial charge < -0.3 is 15.3 Å². The molecule has 0 amide bonds. The third-order valence-electron chi connectivity index (χ3n) is 6.28. The van der Waals surface area contributed by atoms with Crippen LogP contribution in [-0.2, 0) is 10.4 Å². The molecule has 0 radical (unpaired) electrons. The number of nitrogen functional groups attached to an aromatic ring is 1. The lowest BCUT2D eigenvalue weighted by Gasteiger charge is -2.33. The first-order valence-corrected chi connectivity index (χ1v) is 14.9. The van der Waals surface area contributed by atoms with E-state index >= 15 is 0 Å². The lowest BCUT2D eigenvalue weighted by atomic mass is 9.80. The molecule has 2 heterocycles. The minimum Gasteiger partial charge on any atom is -0.416 e. The van der Waals surface area contributed by atoms with Crippen LogP contribution < -0.4 is 10.5 Å². The Bertz CT molecular complexity index is 1740. The molecule has 41 heavy (non-hydrogen) atoms. The van der Waals surface area contributed by atoms with Crippen molar-refractivity contribution in [2.24, 2.45) is 5.16 Å². The molecular formula is C31H21ClN4O2S3. The largest absolute Gasteiger partial charge is 0.416 e. The van der Waals surface area contributed by atoms with Gasteiger partial charge in [0.15, 0.2) is 10.8 Å². The summed E-state index contributed by atoms with van der Waals surface area (Å²) in [6.45, 7) is 0. The highest BCUT2D eigenvalue weighted by Crippen LogP contribution is 2.41. The first-order chi connectivity index (χ1) is 20.0. The van der Waals surface area contributed by atoms with Crippen LogP contribution in [0.1, 0.15) is 22.4 Å². The maximum Gasteiger partial charge on any atom is 0.280 e. The van der Waals surface area contributed by atoms with Crippen molar-refractivity contribution in [3.8, 4) is 5.19 Å². The predicted octanol–water partition coefficient (Wildman–Crippen LogP) is 8.11. The van der Waals surface area contributed by atoms with Crippen molar-refractivity contribution in [3.05, 3.63) is 142 Å². The molecule has 0 saturated heterocycles. The number of rotatable bonds is 8. The van der Waals surface area contributed by atoms with E-state index in [0.29, 0.717) is 26.6 Å². The highest BCUT2D eigenvalue weighted by atomic mass is 35.5. The number of benzene rings is 4. The minimum atomic E-state index is -1.11. The van der Waals surface area contributed by atoms with Gasteiger partial charge in [-0.1, -0.05) is 119 Å². The third-order valence-corrected chi connectivity index (χ3v) is 8.38. The molecule has 10 heteroatoms. The molecule has 202 valence electrons. The number of anilines is 1. The molecule has 2 N–H and O–H groups in total. The molecule has 2 aromatic heterocycles. The van der Waals surface area contributed by atoms with Gasteiger partial charge in [-0.05, 0) is 30.4 Å². The topological polar surface area (TPSA) is 82.6 Å². The Kier molecular flexibility index (Phi) is 7.76. The molecular weight excluding hydrogens is 592 g/mol. The van der Waals surface area contributed by atoms with Crippen LogP contribution in [0.15, 0.2) is 120 Å². The number of fused-ring (bicyclic) bond motifs is 1. The number of ether oxygens (including phenoxy) is 1. The van der Waals surface area contributed by atoms with E-state index in [1.165, 1.54) is 22.7 Å². The quantitative estimate of drug-likeness (QED) is 0.0809. The van der Waals surface area contributed by atoms with Crippen LogP contribution in [0.5, 0.6) is 5.19 Å². The molecule has 0 spiro atoms.